The number of benzene rings is 1. The van der Waals surface area contributed by atoms with Crippen LogP contribution in [-0.4, -0.2) is 65.0 Å². The van der Waals surface area contributed by atoms with Gasteiger partial charge in [0.05, 0.1) is 7.11 Å². The second-order valence-electron chi connectivity index (χ2n) is 9.00. The number of amides is 2. The van der Waals surface area contributed by atoms with Gasteiger partial charge in [-0.15, -0.1) is 12.6 Å². The number of nitrogen functional groups attached to an aromatic ring is 1. The normalized spacial score (nSPS) is 9.79. The molecule has 2 rings (SSSR count). The van der Waals surface area contributed by atoms with Gasteiger partial charge in [0.25, 0.3) is 0 Å². The lowest BCUT2D eigenvalue weighted by atomic mass is 10.1. The number of methoxy groups -OCH3 is 1. The van der Waals surface area contributed by atoms with E-state index >= 15 is 0 Å². The number of carbonyl (C=O) groups is 3. The molecule has 222 valence electrons. The summed E-state index contributed by atoms with van der Waals surface area (Å²) in [4.78, 5) is 37.0. The highest BCUT2D eigenvalue weighted by Crippen LogP contribution is 2.23. The van der Waals surface area contributed by atoms with Gasteiger partial charge in [0, 0.05) is 23.8 Å². The summed E-state index contributed by atoms with van der Waals surface area (Å²) in [6.07, 6.45) is 3.97. The first kappa shape index (κ1) is 37.7. The fraction of sp³-hybridized carbons (Fsp3) is 0.538. The second kappa shape index (κ2) is 20.5. The first-order chi connectivity index (χ1) is 18.1. The molecule has 12 nitrogen and oxygen atoms in total. The van der Waals surface area contributed by atoms with Gasteiger partial charge in [0.1, 0.15) is 24.4 Å². The summed E-state index contributed by atoms with van der Waals surface area (Å²) in [6.45, 7) is 14.1. The van der Waals surface area contributed by atoms with Crippen molar-refractivity contribution in [3.63, 3.8) is 0 Å². The average molecular weight is 571 g/mol. The third-order valence-corrected chi connectivity index (χ3v) is 4.75. The van der Waals surface area contributed by atoms with E-state index in [0.29, 0.717) is 5.95 Å². The van der Waals surface area contributed by atoms with Crippen LogP contribution in [0.3, 0.4) is 0 Å². The Kier molecular flexibility index (Phi) is 19.8. The number of thiol groups is 1. The highest BCUT2D eigenvalue weighted by molar-refractivity contribution is 7.80. The van der Waals surface area contributed by atoms with Crippen molar-refractivity contribution < 1.29 is 29.0 Å². The highest BCUT2D eigenvalue weighted by atomic mass is 32.1. The minimum Gasteiger partial charge on any atom is -0.497 e. The number of rotatable bonds is 7. The van der Waals surface area contributed by atoms with E-state index in [1.165, 1.54) is 11.1 Å². The summed E-state index contributed by atoms with van der Waals surface area (Å²) in [5.41, 5.74) is 12.1. The van der Waals surface area contributed by atoms with E-state index in [1.807, 2.05) is 29.8 Å². The number of nitrogens with two attached hydrogens (primary N) is 2. The van der Waals surface area contributed by atoms with Gasteiger partial charge < -0.3 is 41.2 Å². The zero-order valence-corrected chi connectivity index (χ0v) is 25.2. The van der Waals surface area contributed by atoms with Crippen molar-refractivity contribution in [2.45, 2.75) is 71.9 Å². The van der Waals surface area contributed by atoms with Crippen LogP contribution in [0.4, 0.5) is 10.7 Å². The van der Waals surface area contributed by atoms with Crippen molar-refractivity contribution in [2.24, 2.45) is 5.73 Å². The Morgan fingerprint density at radius 2 is 1.72 bits per heavy atom. The molecule has 0 unspecified atom stereocenters. The predicted molar refractivity (Wildman–Crippen MR) is 156 cm³/mol. The smallest absolute Gasteiger partial charge is 0.408 e. The Labute approximate surface area is 237 Å². The van der Waals surface area contributed by atoms with Gasteiger partial charge >= 0.3 is 12.1 Å². The number of alkyl carbamates (subject to hydrolysis) is 1. The van der Waals surface area contributed by atoms with E-state index in [-0.39, 0.29) is 6.54 Å². The predicted octanol–water partition coefficient (Wildman–Crippen LogP) is 3.15. The molecule has 2 amide bonds. The lowest BCUT2D eigenvalue weighted by Crippen LogP contribution is -2.41. The van der Waals surface area contributed by atoms with Crippen molar-refractivity contribution in [3.05, 3.63) is 35.7 Å². The van der Waals surface area contributed by atoms with Crippen molar-refractivity contribution in [1.29, 1.82) is 0 Å². The number of anilines is 1. The molecule has 1 aromatic carbocycles. The minimum absolute atomic E-state index is 0.317. The van der Waals surface area contributed by atoms with Gasteiger partial charge in [0.2, 0.25) is 5.91 Å². The number of carboxylic acids is 1. The molecule has 0 aliphatic carbocycles. The van der Waals surface area contributed by atoms with Crippen LogP contribution in [0, 0.1) is 13.8 Å². The largest absolute Gasteiger partial charge is 0.497 e. The molecule has 1 heterocycles. The SMILES string of the molecule is CC(C)(C)OC(=O)NCC(=O)NCC(=O)O.CCCn1ccnc1N.CCN.COc1cc(C)c(C)c(S)c1. The fourth-order valence-electron chi connectivity index (χ4n) is 2.40. The van der Waals surface area contributed by atoms with E-state index in [0.717, 1.165) is 30.2 Å². The Balaban J connectivity index is 0. The Bertz CT molecular complexity index is 984. The van der Waals surface area contributed by atoms with Crippen molar-refractivity contribution in [3.8, 4) is 5.75 Å². The molecule has 39 heavy (non-hydrogen) atoms. The molecule has 0 fully saturated rings. The van der Waals surface area contributed by atoms with E-state index in [4.69, 9.17) is 26.0 Å². The topological polar surface area (TPSA) is 184 Å². The second-order valence-corrected chi connectivity index (χ2v) is 9.48. The van der Waals surface area contributed by atoms with Gasteiger partial charge in [-0.3, -0.25) is 9.59 Å². The molecule has 0 saturated heterocycles. The van der Waals surface area contributed by atoms with Crippen molar-refractivity contribution in [2.75, 3.05) is 32.5 Å². The number of aromatic nitrogens is 2. The maximum Gasteiger partial charge on any atom is 0.408 e. The van der Waals surface area contributed by atoms with Crippen LogP contribution in [0.25, 0.3) is 0 Å². The zero-order chi connectivity index (χ0) is 30.6. The molecular weight excluding hydrogens is 524 g/mol. The van der Waals surface area contributed by atoms with Crippen molar-refractivity contribution in [1.82, 2.24) is 20.2 Å². The Morgan fingerprint density at radius 1 is 1.13 bits per heavy atom. The van der Waals surface area contributed by atoms with E-state index in [1.54, 1.807) is 34.1 Å². The standard InChI is InChI=1S/C9H16N2O5.C9H12OS.C6H11N3.C2H7N/c1-9(2,3)16-8(15)11-4-6(12)10-5-7(13)14;1-6-4-8(10-3)5-9(11)7(6)2;1-2-4-9-5-3-8-6(9)7;1-2-3/h4-5H2,1-3H3,(H,10,12)(H,11,15)(H,13,14);4-5,11H,1-3H3;3,5H,2,4H2,1H3,(H2,7,8);2-3H2,1H3. The molecule has 0 atom stereocenters. The van der Waals surface area contributed by atoms with E-state index in [2.05, 4.69) is 49.0 Å². The lowest BCUT2D eigenvalue weighted by Gasteiger charge is -2.19. The summed E-state index contributed by atoms with van der Waals surface area (Å²) in [5.74, 6) is -0.256. The molecule has 0 saturated carbocycles. The molecule has 0 radical (unpaired) electrons. The summed E-state index contributed by atoms with van der Waals surface area (Å²) in [7, 11) is 1.66. The first-order valence-electron chi connectivity index (χ1n) is 12.4. The van der Waals surface area contributed by atoms with E-state index in [9.17, 15) is 14.4 Å². The van der Waals surface area contributed by atoms with Gasteiger partial charge in [-0.25, -0.2) is 9.78 Å². The maximum absolute atomic E-state index is 11.1. The van der Waals surface area contributed by atoms with Crippen LogP contribution in [-0.2, 0) is 20.9 Å². The highest BCUT2D eigenvalue weighted by Gasteiger charge is 2.16. The molecule has 7 N–H and O–H groups in total. The van der Waals surface area contributed by atoms with Crippen molar-refractivity contribution >= 4 is 36.5 Å². The number of aryl methyl sites for hydroxylation is 2. The maximum atomic E-state index is 11.1. The number of imidazole rings is 1. The van der Waals surface area contributed by atoms with Crippen LogP contribution in [0.15, 0.2) is 29.4 Å². The molecule has 13 heteroatoms. The van der Waals surface area contributed by atoms with Gasteiger partial charge in [-0.1, -0.05) is 13.8 Å². The Morgan fingerprint density at radius 3 is 2.13 bits per heavy atom. The summed E-state index contributed by atoms with van der Waals surface area (Å²) in [5, 5.41) is 12.6. The summed E-state index contributed by atoms with van der Waals surface area (Å²) >= 11 is 4.31. The van der Waals surface area contributed by atoms with Gasteiger partial charge in [-0.2, -0.15) is 0 Å². The van der Waals surface area contributed by atoms with Gasteiger partial charge in [-0.05, 0) is 70.8 Å². The third kappa shape index (κ3) is 20.2. The van der Waals surface area contributed by atoms with Crippen LogP contribution in [0.1, 0.15) is 52.2 Å². The molecule has 0 aliphatic rings. The first-order valence-corrected chi connectivity index (χ1v) is 12.8. The van der Waals surface area contributed by atoms with E-state index < -0.39 is 30.1 Å². The average Bonchev–Trinajstić information content (AvgIpc) is 3.24. The monoisotopic (exact) mass is 570 g/mol. The fourth-order valence-corrected chi connectivity index (χ4v) is 2.70. The number of ether oxygens (including phenoxy) is 2. The third-order valence-electron chi connectivity index (χ3n) is 4.29. The van der Waals surface area contributed by atoms with Gasteiger partial charge in [0.15, 0.2) is 5.95 Å². The number of carboxylic acid groups (broad SMARTS) is 1. The zero-order valence-electron chi connectivity index (χ0n) is 24.3. The number of nitrogens with zero attached hydrogens (tertiary/aromatic N) is 2. The number of carbonyl (C=O) groups excluding carboxylic acids is 2. The number of nitrogens with one attached hydrogen (secondary N) is 2. The molecule has 2 aromatic rings. The number of aliphatic carboxylic acids is 1. The number of hydrogen-bond acceptors (Lipinski definition) is 9. The molecule has 1 aromatic heterocycles. The lowest BCUT2D eigenvalue weighted by molar-refractivity contribution is -0.137. The van der Waals surface area contributed by atoms with Crippen LogP contribution >= 0.6 is 12.6 Å². The summed E-state index contributed by atoms with van der Waals surface area (Å²) < 4.78 is 11.9. The van der Waals surface area contributed by atoms with Crippen LogP contribution in [0.2, 0.25) is 0 Å². The molecule has 0 bridgehead atoms. The minimum atomic E-state index is -1.15. The van der Waals surface area contributed by atoms with Crippen LogP contribution < -0.4 is 26.8 Å². The Hall–Kier alpha value is -3.45. The summed E-state index contributed by atoms with van der Waals surface area (Å²) in [6, 6.07) is 3.93. The quantitative estimate of drug-likeness (QED) is 0.272. The van der Waals surface area contributed by atoms with Crippen LogP contribution in [0.5, 0.6) is 5.75 Å². The number of hydrogen-bond donors (Lipinski definition) is 6. The molecule has 0 spiro atoms. The molecule has 0 aliphatic heterocycles. The molecular formula is C26H46N6O6S.